The summed E-state index contributed by atoms with van der Waals surface area (Å²) in [6.45, 7) is 8.49. The van der Waals surface area contributed by atoms with E-state index in [0.717, 1.165) is 17.1 Å². The fraction of sp³-hybridized carbons (Fsp3) is 0.333. The number of fused-ring (bicyclic) bond motifs is 1. The topological polar surface area (TPSA) is 26.3 Å². The molecule has 2 heteroatoms. The van der Waals surface area contributed by atoms with Crippen molar-refractivity contribution in [3.63, 3.8) is 0 Å². The first-order valence-corrected chi connectivity index (χ1v) is 7.09. The highest BCUT2D eigenvalue weighted by atomic mass is 16.3. The average molecular weight is 270 g/mol. The molecular formula is C18H22O2. The zero-order chi connectivity index (χ0) is 14.5. The molecule has 0 aliphatic rings. The molecule has 3 aromatic rings. The Kier molecular flexibility index (Phi) is 4.67. The Bertz CT molecular complexity index is 597. The zero-order valence-corrected chi connectivity index (χ0v) is 12.6. The summed E-state index contributed by atoms with van der Waals surface area (Å²) in [6, 6.07) is 14.1. The van der Waals surface area contributed by atoms with Crippen molar-refractivity contribution >= 4 is 11.0 Å². The second-order valence-electron chi connectivity index (χ2n) is 5.51. The Labute approximate surface area is 120 Å². The molecule has 0 fully saturated rings. The van der Waals surface area contributed by atoms with Crippen LogP contribution in [0.1, 0.15) is 51.1 Å². The molecule has 0 saturated carbocycles. The van der Waals surface area contributed by atoms with Crippen LogP contribution in [0.25, 0.3) is 11.0 Å². The summed E-state index contributed by atoms with van der Waals surface area (Å²) in [7, 11) is 0. The predicted molar refractivity (Wildman–Crippen MR) is 83.1 cm³/mol. The van der Waals surface area contributed by atoms with Crippen molar-refractivity contribution in [1.29, 1.82) is 0 Å². The van der Waals surface area contributed by atoms with E-state index in [9.17, 15) is 0 Å². The maximum Gasteiger partial charge on any atom is 0.134 e. The molecule has 0 saturated heterocycles. The maximum absolute atomic E-state index is 5.63. The summed E-state index contributed by atoms with van der Waals surface area (Å²) in [5.74, 6) is 3.11. The third-order valence-corrected chi connectivity index (χ3v) is 3.13. The minimum absolute atomic E-state index is 0.470. The van der Waals surface area contributed by atoms with E-state index >= 15 is 0 Å². The van der Waals surface area contributed by atoms with Crippen molar-refractivity contribution in [3.05, 3.63) is 60.2 Å². The minimum atomic E-state index is 0.470. The Morgan fingerprint density at radius 2 is 1.50 bits per heavy atom. The number of hydrogen-bond acceptors (Lipinski definition) is 2. The molecule has 3 rings (SSSR count). The number of hydrogen-bond donors (Lipinski definition) is 0. The fourth-order valence-corrected chi connectivity index (χ4v) is 1.91. The summed E-state index contributed by atoms with van der Waals surface area (Å²) >= 11 is 0. The highest BCUT2D eigenvalue weighted by molar-refractivity contribution is 5.77. The van der Waals surface area contributed by atoms with Crippen LogP contribution in [0.15, 0.2) is 57.6 Å². The number of benzene rings is 1. The summed E-state index contributed by atoms with van der Waals surface area (Å²) in [4.78, 5) is 0. The fourth-order valence-electron chi connectivity index (χ4n) is 1.91. The molecule has 0 aliphatic heterocycles. The molecule has 0 amide bonds. The number of para-hydroxylation sites is 1. The van der Waals surface area contributed by atoms with Crippen molar-refractivity contribution < 1.29 is 8.83 Å². The lowest BCUT2D eigenvalue weighted by Gasteiger charge is -1.95. The van der Waals surface area contributed by atoms with Gasteiger partial charge in [0, 0.05) is 17.2 Å². The summed E-state index contributed by atoms with van der Waals surface area (Å²) < 4.78 is 10.7. The Morgan fingerprint density at radius 3 is 2.00 bits per heavy atom. The normalized spacial score (nSPS) is 10.9. The molecule has 0 aliphatic carbocycles. The van der Waals surface area contributed by atoms with Gasteiger partial charge in [0.2, 0.25) is 0 Å². The molecule has 106 valence electrons. The van der Waals surface area contributed by atoms with Gasteiger partial charge >= 0.3 is 0 Å². The standard InChI is InChI=1S/C11H12O.C7H10O/c1-8(2)11-7-9-5-3-4-6-10(9)12-11;1-6(2)7-4-3-5-8-7/h3-8H,1-2H3;3-6H,1-2H3. The SMILES string of the molecule is CC(C)c1cc2ccccc2o1.CC(C)c1ccco1. The van der Waals surface area contributed by atoms with E-state index in [4.69, 9.17) is 8.83 Å². The van der Waals surface area contributed by atoms with E-state index in [1.807, 2.05) is 30.3 Å². The van der Waals surface area contributed by atoms with Gasteiger partial charge in [-0.15, -0.1) is 0 Å². The molecule has 2 nitrogen and oxygen atoms in total. The number of furan rings is 2. The summed E-state index contributed by atoms with van der Waals surface area (Å²) in [5.41, 5.74) is 0.987. The van der Waals surface area contributed by atoms with E-state index < -0.39 is 0 Å². The first-order chi connectivity index (χ1) is 9.58. The molecule has 2 aromatic heterocycles. The van der Waals surface area contributed by atoms with Crippen LogP contribution in [-0.4, -0.2) is 0 Å². The second kappa shape index (κ2) is 6.47. The highest BCUT2D eigenvalue weighted by Gasteiger charge is 2.05. The van der Waals surface area contributed by atoms with Gasteiger partial charge in [0.05, 0.1) is 6.26 Å². The average Bonchev–Trinajstić information content (AvgIpc) is 3.08. The van der Waals surface area contributed by atoms with E-state index in [-0.39, 0.29) is 0 Å². The van der Waals surface area contributed by atoms with Crippen LogP contribution in [-0.2, 0) is 0 Å². The first-order valence-electron chi connectivity index (χ1n) is 7.09. The van der Waals surface area contributed by atoms with Crippen molar-refractivity contribution in [2.45, 2.75) is 39.5 Å². The van der Waals surface area contributed by atoms with Crippen LogP contribution in [0, 0.1) is 0 Å². The van der Waals surface area contributed by atoms with Crippen molar-refractivity contribution in [2.24, 2.45) is 0 Å². The molecule has 1 aromatic carbocycles. The van der Waals surface area contributed by atoms with Crippen molar-refractivity contribution in [2.75, 3.05) is 0 Å². The van der Waals surface area contributed by atoms with Gasteiger partial charge in [-0.3, -0.25) is 0 Å². The Balaban J connectivity index is 0.000000160. The summed E-state index contributed by atoms with van der Waals surface area (Å²) in [6.07, 6.45) is 1.70. The van der Waals surface area contributed by atoms with Gasteiger partial charge < -0.3 is 8.83 Å². The predicted octanol–water partition coefficient (Wildman–Crippen LogP) is 5.96. The van der Waals surface area contributed by atoms with Gasteiger partial charge in [0.15, 0.2) is 0 Å². The molecule has 0 bridgehead atoms. The largest absolute Gasteiger partial charge is 0.469 e. The van der Waals surface area contributed by atoms with E-state index in [1.54, 1.807) is 6.26 Å². The van der Waals surface area contributed by atoms with Gasteiger partial charge in [-0.05, 0) is 24.3 Å². The second-order valence-corrected chi connectivity index (χ2v) is 5.51. The molecule has 0 N–H and O–H groups in total. The molecule has 0 spiro atoms. The van der Waals surface area contributed by atoms with Gasteiger partial charge in [0.1, 0.15) is 17.1 Å². The maximum atomic E-state index is 5.63. The molecule has 0 unspecified atom stereocenters. The summed E-state index contributed by atoms with van der Waals surface area (Å²) in [5, 5.41) is 1.20. The third kappa shape index (κ3) is 3.53. The molecule has 2 heterocycles. The minimum Gasteiger partial charge on any atom is -0.469 e. The lowest BCUT2D eigenvalue weighted by atomic mass is 10.1. The van der Waals surface area contributed by atoms with Crippen LogP contribution in [0.2, 0.25) is 0 Å². The quantitative estimate of drug-likeness (QED) is 0.574. The van der Waals surface area contributed by atoms with Gasteiger partial charge in [-0.2, -0.15) is 0 Å². The van der Waals surface area contributed by atoms with Gasteiger partial charge in [-0.1, -0.05) is 45.9 Å². The van der Waals surface area contributed by atoms with Crippen molar-refractivity contribution in [1.82, 2.24) is 0 Å². The highest BCUT2D eigenvalue weighted by Crippen LogP contribution is 2.24. The lowest BCUT2D eigenvalue weighted by molar-refractivity contribution is 0.487. The number of rotatable bonds is 2. The van der Waals surface area contributed by atoms with E-state index in [0.29, 0.717) is 11.8 Å². The lowest BCUT2D eigenvalue weighted by Crippen LogP contribution is -1.79. The van der Waals surface area contributed by atoms with Crippen LogP contribution in [0.4, 0.5) is 0 Å². The Morgan fingerprint density at radius 1 is 0.800 bits per heavy atom. The molecular weight excluding hydrogens is 248 g/mol. The van der Waals surface area contributed by atoms with Crippen LogP contribution < -0.4 is 0 Å². The molecule has 0 atom stereocenters. The molecule has 0 radical (unpaired) electrons. The zero-order valence-electron chi connectivity index (χ0n) is 12.6. The Hall–Kier alpha value is -1.96. The van der Waals surface area contributed by atoms with Crippen LogP contribution >= 0.6 is 0 Å². The van der Waals surface area contributed by atoms with Crippen molar-refractivity contribution in [3.8, 4) is 0 Å². The smallest absolute Gasteiger partial charge is 0.134 e. The molecule has 20 heavy (non-hydrogen) atoms. The van der Waals surface area contributed by atoms with Crippen LogP contribution in [0.3, 0.4) is 0 Å². The monoisotopic (exact) mass is 270 g/mol. The van der Waals surface area contributed by atoms with Gasteiger partial charge in [-0.25, -0.2) is 0 Å². The van der Waals surface area contributed by atoms with E-state index in [1.165, 1.54) is 5.39 Å². The first kappa shape index (κ1) is 14.4. The third-order valence-electron chi connectivity index (χ3n) is 3.13. The van der Waals surface area contributed by atoms with Crippen LogP contribution in [0.5, 0.6) is 0 Å². The van der Waals surface area contributed by atoms with E-state index in [2.05, 4.69) is 39.8 Å². The van der Waals surface area contributed by atoms with Gasteiger partial charge in [0.25, 0.3) is 0 Å².